The van der Waals surface area contributed by atoms with Gasteiger partial charge in [-0.2, -0.15) is 0 Å². The average Bonchev–Trinajstić information content (AvgIpc) is 2.20. The molecule has 0 spiro atoms. The van der Waals surface area contributed by atoms with Gasteiger partial charge in [0, 0.05) is 6.54 Å². The summed E-state index contributed by atoms with van der Waals surface area (Å²) in [5, 5.41) is 12.3. The molecule has 0 amide bonds. The van der Waals surface area contributed by atoms with Crippen molar-refractivity contribution < 1.29 is 5.11 Å². The van der Waals surface area contributed by atoms with E-state index in [2.05, 4.69) is 16.4 Å². The molecule has 3 nitrogen and oxygen atoms in total. The van der Waals surface area contributed by atoms with E-state index in [1.807, 2.05) is 6.07 Å². The molecule has 1 aliphatic heterocycles. The molecule has 0 saturated carbocycles. The van der Waals surface area contributed by atoms with Crippen molar-refractivity contribution in [2.75, 3.05) is 13.1 Å². The highest BCUT2D eigenvalue weighted by Crippen LogP contribution is 2.18. The van der Waals surface area contributed by atoms with Crippen LogP contribution in [0.1, 0.15) is 12.1 Å². The van der Waals surface area contributed by atoms with Crippen LogP contribution in [0.4, 0.5) is 0 Å². The van der Waals surface area contributed by atoms with Gasteiger partial charge in [-0.25, -0.2) is 0 Å². The largest absolute Gasteiger partial charge is 0.506 e. The fraction of sp³-hybridized carbons (Fsp3) is 0.300. The van der Waals surface area contributed by atoms with E-state index in [1.54, 1.807) is 6.07 Å². The molecular weight excluding hydrogens is 164 g/mol. The Hall–Kier alpha value is -1.35. The van der Waals surface area contributed by atoms with Crippen LogP contribution >= 0.6 is 0 Å². The summed E-state index contributed by atoms with van der Waals surface area (Å²) >= 11 is 0. The lowest BCUT2D eigenvalue weighted by atomic mass is 10.1. The Morgan fingerprint density at radius 3 is 2.92 bits per heavy atom. The lowest BCUT2D eigenvalue weighted by Gasteiger charge is -2.12. The highest BCUT2D eigenvalue weighted by Gasteiger charge is 2.05. The molecule has 0 radical (unpaired) electrons. The number of pyridine rings is 1. The number of aromatic hydroxyl groups is 1. The van der Waals surface area contributed by atoms with Crippen LogP contribution in [0.3, 0.4) is 0 Å². The molecule has 68 valence electrons. The second-order valence-electron chi connectivity index (χ2n) is 3.09. The zero-order valence-corrected chi connectivity index (χ0v) is 7.33. The number of nitrogens with one attached hydrogen (secondary N) is 1. The molecule has 0 bridgehead atoms. The maximum Gasteiger partial charge on any atom is 0.133 e. The van der Waals surface area contributed by atoms with Crippen LogP contribution in [-0.2, 0) is 0 Å². The van der Waals surface area contributed by atoms with Gasteiger partial charge in [-0.15, -0.1) is 0 Å². The molecule has 1 aromatic rings. The SMILES string of the molecule is Oc1ccc(C2=CCNCC2)nc1. The third kappa shape index (κ3) is 1.87. The molecule has 0 aliphatic carbocycles. The van der Waals surface area contributed by atoms with Crippen LogP contribution in [0.2, 0.25) is 0 Å². The minimum Gasteiger partial charge on any atom is -0.506 e. The van der Waals surface area contributed by atoms with Crippen molar-refractivity contribution in [3.05, 3.63) is 30.1 Å². The minimum absolute atomic E-state index is 0.221. The van der Waals surface area contributed by atoms with Gasteiger partial charge in [0.05, 0.1) is 11.9 Å². The molecule has 1 aromatic heterocycles. The van der Waals surface area contributed by atoms with Gasteiger partial charge in [-0.3, -0.25) is 4.98 Å². The van der Waals surface area contributed by atoms with Gasteiger partial charge in [-0.1, -0.05) is 6.08 Å². The van der Waals surface area contributed by atoms with E-state index in [9.17, 15) is 0 Å². The lowest BCUT2D eigenvalue weighted by Crippen LogP contribution is -2.20. The molecule has 2 heterocycles. The summed E-state index contributed by atoms with van der Waals surface area (Å²) in [7, 11) is 0. The number of aromatic nitrogens is 1. The number of hydrogen-bond acceptors (Lipinski definition) is 3. The van der Waals surface area contributed by atoms with Crippen molar-refractivity contribution in [2.24, 2.45) is 0 Å². The van der Waals surface area contributed by atoms with Crippen molar-refractivity contribution in [3.63, 3.8) is 0 Å². The molecule has 0 saturated heterocycles. The predicted molar refractivity (Wildman–Crippen MR) is 51.4 cm³/mol. The third-order valence-corrected chi connectivity index (χ3v) is 2.14. The fourth-order valence-electron chi connectivity index (χ4n) is 1.43. The average molecular weight is 176 g/mol. The first-order chi connectivity index (χ1) is 6.36. The van der Waals surface area contributed by atoms with Gasteiger partial charge in [-0.05, 0) is 30.7 Å². The minimum atomic E-state index is 0.221. The van der Waals surface area contributed by atoms with Gasteiger partial charge >= 0.3 is 0 Å². The molecule has 0 aromatic carbocycles. The van der Waals surface area contributed by atoms with Crippen LogP contribution in [0, 0.1) is 0 Å². The molecule has 1 aliphatic rings. The summed E-state index contributed by atoms with van der Waals surface area (Å²) in [4.78, 5) is 4.16. The van der Waals surface area contributed by atoms with Gasteiger partial charge in [0.1, 0.15) is 5.75 Å². The first kappa shape index (κ1) is 8.26. The number of hydrogen-bond donors (Lipinski definition) is 2. The van der Waals surface area contributed by atoms with Crippen LogP contribution < -0.4 is 5.32 Å². The quantitative estimate of drug-likeness (QED) is 0.675. The van der Waals surface area contributed by atoms with E-state index >= 15 is 0 Å². The zero-order valence-electron chi connectivity index (χ0n) is 7.33. The molecule has 0 atom stereocenters. The maximum absolute atomic E-state index is 9.06. The van der Waals surface area contributed by atoms with Crippen LogP contribution in [-0.4, -0.2) is 23.2 Å². The van der Waals surface area contributed by atoms with Crippen molar-refractivity contribution >= 4 is 5.57 Å². The molecule has 2 N–H and O–H groups in total. The van der Waals surface area contributed by atoms with E-state index < -0.39 is 0 Å². The Bertz CT molecular complexity index is 316. The summed E-state index contributed by atoms with van der Waals surface area (Å²) in [6.45, 7) is 1.92. The predicted octanol–water partition coefficient (Wildman–Crippen LogP) is 1.16. The van der Waals surface area contributed by atoms with Gasteiger partial charge in [0.15, 0.2) is 0 Å². The topological polar surface area (TPSA) is 45.1 Å². The van der Waals surface area contributed by atoms with Gasteiger partial charge < -0.3 is 10.4 Å². The molecular formula is C10H12N2O. The zero-order chi connectivity index (χ0) is 9.10. The highest BCUT2D eigenvalue weighted by atomic mass is 16.3. The number of nitrogens with zero attached hydrogens (tertiary/aromatic N) is 1. The smallest absolute Gasteiger partial charge is 0.133 e. The summed E-state index contributed by atoms with van der Waals surface area (Å²) in [5.41, 5.74) is 2.23. The first-order valence-electron chi connectivity index (χ1n) is 4.41. The summed E-state index contributed by atoms with van der Waals surface area (Å²) in [5.74, 6) is 0.221. The third-order valence-electron chi connectivity index (χ3n) is 2.14. The van der Waals surface area contributed by atoms with E-state index in [-0.39, 0.29) is 5.75 Å². The highest BCUT2D eigenvalue weighted by molar-refractivity contribution is 5.63. The second kappa shape index (κ2) is 3.58. The van der Waals surface area contributed by atoms with E-state index in [4.69, 9.17) is 5.11 Å². The lowest BCUT2D eigenvalue weighted by molar-refractivity contribution is 0.472. The van der Waals surface area contributed by atoms with Crippen LogP contribution in [0.15, 0.2) is 24.4 Å². The van der Waals surface area contributed by atoms with Crippen molar-refractivity contribution in [1.82, 2.24) is 10.3 Å². The van der Waals surface area contributed by atoms with Gasteiger partial charge in [0.2, 0.25) is 0 Å². The molecule has 13 heavy (non-hydrogen) atoms. The van der Waals surface area contributed by atoms with Crippen molar-refractivity contribution in [1.29, 1.82) is 0 Å². The molecule has 2 rings (SSSR count). The Balaban J connectivity index is 2.24. The normalized spacial score (nSPS) is 16.8. The fourth-order valence-corrected chi connectivity index (χ4v) is 1.43. The van der Waals surface area contributed by atoms with Gasteiger partial charge in [0.25, 0.3) is 0 Å². The van der Waals surface area contributed by atoms with Crippen molar-refractivity contribution in [3.8, 4) is 5.75 Å². The number of rotatable bonds is 1. The Morgan fingerprint density at radius 2 is 2.31 bits per heavy atom. The molecule has 0 fully saturated rings. The Labute approximate surface area is 77.1 Å². The molecule has 0 unspecified atom stereocenters. The standard InChI is InChI=1S/C10H12N2O/c13-9-1-2-10(12-7-9)8-3-5-11-6-4-8/h1-3,7,11,13H,4-6H2. The van der Waals surface area contributed by atoms with E-state index in [0.717, 1.165) is 25.2 Å². The van der Waals surface area contributed by atoms with Crippen LogP contribution in [0.25, 0.3) is 5.57 Å². The monoisotopic (exact) mass is 176 g/mol. The first-order valence-corrected chi connectivity index (χ1v) is 4.41. The summed E-state index contributed by atoms with van der Waals surface area (Å²) in [6, 6.07) is 3.53. The summed E-state index contributed by atoms with van der Waals surface area (Å²) in [6.07, 6.45) is 4.64. The maximum atomic E-state index is 9.06. The Morgan fingerprint density at radius 1 is 1.38 bits per heavy atom. The molecule has 3 heteroatoms. The Kier molecular flexibility index (Phi) is 2.27. The van der Waals surface area contributed by atoms with E-state index in [1.165, 1.54) is 11.8 Å². The van der Waals surface area contributed by atoms with Crippen molar-refractivity contribution in [2.45, 2.75) is 6.42 Å². The summed E-state index contributed by atoms with van der Waals surface area (Å²) < 4.78 is 0. The second-order valence-corrected chi connectivity index (χ2v) is 3.09. The van der Waals surface area contributed by atoms with Crippen LogP contribution in [0.5, 0.6) is 5.75 Å². The van der Waals surface area contributed by atoms with E-state index in [0.29, 0.717) is 0 Å².